The van der Waals surface area contributed by atoms with Crippen LogP contribution in [0.5, 0.6) is 0 Å². The Hall–Kier alpha value is -1.68. The summed E-state index contributed by atoms with van der Waals surface area (Å²) in [5.74, 6) is 0. The molecule has 0 saturated carbocycles. The van der Waals surface area contributed by atoms with Gasteiger partial charge in [-0.25, -0.2) is 0 Å². The van der Waals surface area contributed by atoms with Crippen LogP contribution in [0.2, 0.25) is 0 Å². The van der Waals surface area contributed by atoms with Gasteiger partial charge < -0.3 is 14.2 Å². The van der Waals surface area contributed by atoms with Crippen LogP contribution in [0.3, 0.4) is 0 Å². The smallest absolute Gasteiger partial charge is 0.123 e. The van der Waals surface area contributed by atoms with E-state index in [0.29, 0.717) is 0 Å². The van der Waals surface area contributed by atoms with Gasteiger partial charge in [0.25, 0.3) is 0 Å². The molecule has 2 aromatic carbocycles. The van der Waals surface area contributed by atoms with E-state index in [1.54, 1.807) is 0 Å². The van der Waals surface area contributed by atoms with Crippen LogP contribution in [0.1, 0.15) is 166 Å². The SMILES string of the molecule is CCCCCCCCCCCCC(OC(CCCCCCCCCCCC)(c1ccccc1)C1CO1)(c1ccccc1)C1CO1. The van der Waals surface area contributed by atoms with Gasteiger partial charge in [-0.05, 0) is 24.0 Å². The summed E-state index contributed by atoms with van der Waals surface area (Å²) in [7, 11) is 0. The molecule has 2 fully saturated rings. The van der Waals surface area contributed by atoms with E-state index in [1.807, 2.05) is 0 Å². The van der Waals surface area contributed by atoms with Crippen LogP contribution in [-0.2, 0) is 25.4 Å². The van der Waals surface area contributed by atoms with Crippen molar-refractivity contribution in [1.82, 2.24) is 0 Å². The summed E-state index contributed by atoms with van der Waals surface area (Å²) < 4.78 is 20.1. The molecule has 0 amide bonds. The third-order valence-electron chi connectivity index (χ3n) is 10.4. The van der Waals surface area contributed by atoms with Gasteiger partial charge in [-0.1, -0.05) is 203 Å². The molecule has 2 aromatic rings. The lowest BCUT2D eigenvalue weighted by Crippen LogP contribution is -2.48. The van der Waals surface area contributed by atoms with Crippen molar-refractivity contribution < 1.29 is 14.2 Å². The molecule has 2 aliphatic heterocycles. The average Bonchev–Trinajstić information content (AvgIpc) is 4.00. The van der Waals surface area contributed by atoms with Crippen molar-refractivity contribution in [2.75, 3.05) is 13.2 Å². The third-order valence-corrected chi connectivity index (χ3v) is 10.4. The first kappa shape index (κ1) is 36.2. The monoisotopic (exact) mass is 619 g/mol. The number of epoxide rings is 2. The van der Waals surface area contributed by atoms with Crippen LogP contribution < -0.4 is 0 Å². The Balaban J connectivity index is 1.42. The predicted octanol–water partition coefficient (Wildman–Crippen LogP) is 12.2. The number of hydrogen-bond acceptors (Lipinski definition) is 3. The third kappa shape index (κ3) is 11.8. The highest BCUT2D eigenvalue weighted by molar-refractivity contribution is 5.31. The summed E-state index contributed by atoms with van der Waals surface area (Å²) in [6, 6.07) is 22.1. The van der Waals surface area contributed by atoms with Crippen molar-refractivity contribution in [3.05, 3.63) is 71.8 Å². The van der Waals surface area contributed by atoms with Crippen LogP contribution in [0.4, 0.5) is 0 Å². The fraction of sp³-hybridized carbons (Fsp3) is 0.714. The van der Waals surface area contributed by atoms with E-state index in [2.05, 4.69) is 74.5 Å². The number of rotatable bonds is 28. The molecule has 3 heteroatoms. The Morgan fingerprint density at radius 1 is 0.467 bits per heavy atom. The Morgan fingerprint density at radius 3 is 1.04 bits per heavy atom. The molecule has 45 heavy (non-hydrogen) atoms. The zero-order valence-corrected chi connectivity index (χ0v) is 29.1. The number of benzene rings is 2. The molecule has 0 aliphatic carbocycles. The molecule has 0 N–H and O–H groups in total. The second kappa shape index (κ2) is 20.5. The van der Waals surface area contributed by atoms with Gasteiger partial charge in [-0.2, -0.15) is 0 Å². The number of hydrogen-bond donors (Lipinski definition) is 0. The fourth-order valence-corrected chi connectivity index (χ4v) is 7.48. The summed E-state index contributed by atoms with van der Waals surface area (Å²) in [6.07, 6.45) is 29.0. The van der Waals surface area contributed by atoms with E-state index < -0.39 is 11.2 Å². The van der Waals surface area contributed by atoms with Gasteiger partial charge in [0.1, 0.15) is 23.4 Å². The lowest BCUT2D eigenvalue weighted by molar-refractivity contribution is -0.197. The first-order valence-corrected chi connectivity index (χ1v) is 19.3. The van der Waals surface area contributed by atoms with E-state index in [9.17, 15) is 0 Å². The summed E-state index contributed by atoms with van der Waals surface area (Å²) in [5, 5.41) is 0. The summed E-state index contributed by atoms with van der Waals surface area (Å²) in [6.45, 7) is 6.15. The number of ether oxygens (including phenoxy) is 3. The standard InChI is InChI=1S/C42H66O3/c1-3-5-7-9-11-13-15-17-19-27-33-41(39-35-43-39,37-29-23-21-24-30-37)45-42(40-36-44-40,38-31-25-22-26-32-38)34-28-20-18-16-14-12-10-8-6-4-2/h21-26,29-32,39-40H,3-20,27-28,33-36H2,1-2H3. The van der Waals surface area contributed by atoms with Gasteiger partial charge in [0.05, 0.1) is 13.2 Å². The molecule has 4 unspecified atom stereocenters. The van der Waals surface area contributed by atoms with E-state index >= 15 is 0 Å². The summed E-state index contributed by atoms with van der Waals surface area (Å²) in [4.78, 5) is 0. The normalized spacial score (nSPS) is 20.0. The Kier molecular flexibility index (Phi) is 16.5. The fourth-order valence-electron chi connectivity index (χ4n) is 7.48. The minimum atomic E-state index is -0.457. The van der Waals surface area contributed by atoms with Gasteiger partial charge in [0, 0.05) is 0 Å². The highest BCUT2D eigenvalue weighted by Gasteiger charge is 2.58. The van der Waals surface area contributed by atoms with Gasteiger partial charge in [0.2, 0.25) is 0 Å². The molecular formula is C42H66O3. The van der Waals surface area contributed by atoms with Crippen LogP contribution in [0.25, 0.3) is 0 Å². The van der Waals surface area contributed by atoms with E-state index in [-0.39, 0.29) is 12.2 Å². The van der Waals surface area contributed by atoms with Crippen LogP contribution in [0.15, 0.2) is 60.7 Å². The topological polar surface area (TPSA) is 34.3 Å². The molecule has 0 radical (unpaired) electrons. The molecule has 0 bridgehead atoms. The second-order valence-electron chi connectivity index (χ2n) is 14.1. The maximum atomic E-state index is 7.76. The van der Waals surface area contributed by atoms with Crippen molar-refractivity contribution in [3.8, 4) is 0 Å². The van der Waals surface area contributed by atoms with Gasteiger partial charge in [0.15, 0.2) is 0 Å². The van der Waals surface area contributed by atoms with Gasteiger partial charge in [-0.3, -0.25) is 0 Å². The highest BCUT2D eigenvalue weighted by atomic mass is 16.6. The molecule has 2 aliphatic rings. The Morgan fingerprint density at radius 2 is 0.756 bits per heavy atom. The maximum absolute atomic E-state index is 7.76. The minimum absolute atomic E-state index is 0.105. The molecule has 3 nitrogen and oxygen atoms in total. The lowest BCUT2D eigenvalue weighted by Gasteiger charge is -2.44. The van der Waals surface area contributed by atoms with E-state index in [1.165, 1.54) is 140 Å². The zero-order chi connectivity index (χ0) is 31.5. The van der Waals surface area contributed by atoms with Crippen molar-refractivity contribution >= 4 is 0 Å². The molecule has 4 atom stereocenters. The van der Waals surface area contributed by atoms with Crippen LogP contribution >= 0.6 is 0 Å². The first-order chi connectivity index (χ1) is 22.2. The quantitative estimate of drug-likeness (QED) is 0.0703. The Bertz CT molecular complexity index is 920. The van der Waals surface area contributed by atoms with Crippen LogP contribution in [0, 0.1) is 0 Å². The van der Waals surface area contributed by atoms with Crippen molar-refractivity contribution in [2.45, 2.75) is 179 Å². The molecular weight excluding hydrogens is 552 g/mol. The summed E-state index contributed by atoms with van der Waals surface area (Å²) in [5.41, 5.74) is 1.63. The summed E-state index contributed by atoms with van der Waals surface area (Å²) >= 11 is 0. The van der Waals surface area contributed by atoms with E-state index in [4.69, 9.17) is 14.2 Å². The molecule has 4 rings (SSSR count). The van der Waals surface area contributed by atoms with Gasteiger partial charge >= 0.3 is 0 Å². The molecule has 0 aromatic heterocycles. The largest absolute Gasteiger partial charge is 0.370 e. The van der Waals surface area contributed by atoms with Crippen molar-refractivity contribution in [2.24, 2.45) is 0 Å². The van der Waals surface area contributed by atoms with E-state index in [0.717, 1.165) is 26.1 Å². The zero-order valence-electron chi connectivity index (χ0n) is 29.1. The molecule has 0 spiro atoms. The predicted molar refractivity (Wildman–Crippen MR) is 190 cm³/mol. The first-order valence-electron chi connectivity index (χ1n) is 19.3. The van der Waals surface area contributed by atoms with Crippen LogP contribution in [-0.4, -0.2) is 25.4 Å². The maximum Gasteiger partial charge on any atom is 0.123 e. The molecule has 2 saturated heterocycles. The molecule has 2 heterocycles. The van der Waals surface area contributed by atoms with Crippen molar-refractivity contribution in [1.29, 1.82) is 0 Å². The lowest BCUT2D eigenvalue weighted by atomic mass is 9.80. The Labute approximate surface area is 277 Å². The molecule has 252 valence electrons. The van der Waals surface area contributed by atoms with Crippen molar-refractivity contribution in [3.63, 3.8) is 0 Å². The highest BCUT2D eigenvalue weighted by Crippen LogP contribution is 2.52. The minimum Gasteiger partial charge on any atom is -0.370 e. The number of unbranched alkanes of at least 4 members (excludes halogenated alkanes) is 18. The van der Waals surface area contributed by atoms with Gasteiger partial charge in [-0.15, -0.1) is 0 Å². The average molecular weight is 619 g/mol. The second-order valence-corrected chi connectivity index (χ2v) is 14.1.